The predicted molar refractivity (Wildman–Crippen MR) is 96.5 cm³/mol. The largest absolute Gasteiger partial charge is 0.462 e. The molecule has 0 aromatic carbocycles. The van der Waals surface area contributed by atoms with Gasteiger partial charge in [-0.3, -0.25) is 4.79 Å². The van der Waals surface area contributed by atoms with Crippen molar-refractivity contribution in [3.05, 3.63) is 11.6 Å². The monoisotopic (exact) mass is 345 g/mol. The van der Waals surface area contributed by atoms with E-state index in [-0.39, 0.29) is 22.9 Å². The van der Waals surface area contributed by atoms with Crippen LogP contribution in [0.3, 0.4) is 0 Å². The zero-order valence-electron chi connectivity index (χ0n) is 15.8. The van der Waals surface area contributed by atoms with Gasteiger partial charge in [0, 0.05) is 18.8 Å². The Morgan fingerprint density at radius 3 is 2.64 bits per heavy atom. The number of fused-ring (bicyclic) bond motifs is 5. The summed E-state index contributed by atoms with van der Waals surface area (Å²) in [7, 11) is 0. The Morgan fingerprint density at radius 1 is 1.20 bits per heavy atom. The molecule has 0 radical (unpaired) electrons. The summed E-state index contributed by atoms with van der Waals surface area (Å²) in [4.78, 5) is 11.3. The number of carbonyl (C=O) groups is 1. The maximum absolute atomic E-state index is 11.3. The van der Waals surface area contributed by atoms with Gasteiger partial charge in [0.2, 0.25) is 0 Å². The van der Waals surface area contributed by atoms with Crippen LogP contribution in [0.4, 0.5) is 0 Å². The first-order valence-electron chi connectivity index (χ1n) is 9.96. The summed E-state index contributed by atoms with van der Waals surface area (Å²) < 4.78 is 5.51. The lowest BCUT2D eigenvalue weighted by molar-refractivity contribution is -0.148. The maximum Gasteiger partial charge on any atom is 0.302 e. The van der Waals surface area contributed by atoms with Gasteiger partial charge in [0.15, 0.2) is 0 Å². The Hall–Kier alpha value is -1.32. The van der Waals surface area contributed by atoms with Gasteiger partial charge in [0.25, 0.3) is 0 Å². The molecule has 0 saturated heterocycles. The van der Waals surface area contributed by atoms with E-state index in [0.29, 0.717) is 11.8 Å². The highest BCUT2D eigenvalue weighted by Gasteiger charge is 2.58. The zero-order valence-corrected chi connectivity index (χ0v) is 15.8. The first-order chi connectivity index (χ1) is 11.9. The van der Waals surface area contributed by atoms with Crippen LogP contribution in [0.5, 0.6) is 0 Å². The molecule has 4 heteroatoms. The van der Waals surface area contributed by atoms with Gasteiger partial charge < -0.3 is 9.94 Å². The number of carbonyl (C=O) groups excluding carboxylic acids is 1. The van der Waals surface area contributed by atoms with Crippen molar-refractivity contribution in [2.24, 2.45) is 33.7 Å². The number of esters is 1. The maximum atomic E-state index is 11.3. The minimum absolute atomic E-state index is 0.0711. The molecule has 1 N–H and O–H groups in total. The average Bonchev–Trinajstić information content (AvgIpc) is 2.91. The molecule has 0 unspecified atom stereocenters. The number of hydrogen-bond acceptors (Lipinski definition) is 4. The van der Waals surface area contributed by atoms with Gasteiger partial charge in [-0.15, -0.1) is 0 Å². The smallest absolute Gasteiger partial charge is 0.302 e. The van der Waals surface area contributed by atoms with Crippen LogP contribution in [0.2, 0.25) is 0 Å². The quantitative estimate of drug-likeness (QED) is 0.324. The van der Waals surface area contributed by atoms with Crippen molar-refractivity contribution in [1.29, 1.82) is 0 Å². The second-order valence-electron chi connectivity index (χ2n) is 9.28. The molecule has 4 rings (SSSR count). The van der Waals surface area contributed by atoms with Crippen LogP contribution in [0.1, 0.15) is 72.1 Å². The average molecular weight is 345 g/mol. The third kappa shape index (κ3) is 2.47. The standard InChI is InChI=1S/C21H31NO3/c1-13(23)25-15-8-10-20(2)14(12-15)4-5-16-17-6-7-19(22-24)21(17,3)11-9-18(16)20/h4,15-18,24H,5-12H2,1-3H3/b22-19+/t15-,16+,17-,18-,20-,21-/m1/s1. The van der Waals surface area contributed by atoms with E-state index in [4.69, 9.17) is 4.74 Å². The summed E-state index contributed by atoms with van der Waals surface area (Å²) >= 11 is 0. The molecule has 0 amide bonds. The predicted octanol–water partition coefficient (Wildman–Crippen LogP) is 4.71. The van der Waals surface area contributed by atoms with Gasteiger partial charge in [0.1, 0.15) is 6.10 Å². The minimum Gasteiger partial charge on any atom is -0.462 e. The van der Waals surface area contributed by atoms with Crippen LogP contribution in [-0.4, -0.2) is 23.0 Å². The molecule has 0 heterocycles. The van der Waals surface area contributed by atoms with Crippen molar-refractivity contribution in [1.82, 2.24) is 0 Å². The van der Waals surface area contributed by atoms with Crippen LogP contribution >= 0.6 is 0 Å². The van der Waals surface area contributed by atoms with E-state index in [9.17, 15) is 10.0 Å². The minimum atomic E-state index is -0.155. The number of nitrogens with zero attached hydrogens (tertiary/aromatic N) is 1. The van der Waals surface area contributed by atoms with E-state index in [0.717, 1.165) is 50.2 Å². The Labute approximate surface area is 150 Å². The molecule has 6 atom stereocenters. The molecule has 138 valence electrons. The lowest BCUT2D eigenvalue weighted by atomic mass is 9.48. The Morgan fingerprint density at radius 2 is 1.92 bits per heavy atom. The van der Waals surface area contributed by atoms with Crippen molar-refractivity contribution < 1.29 is 14.7 Å². The fourth-order valence-corrected chi connectivity index (χ4v) is 6.92. The molecule has 3 saturated carbocycles. The van der Waals surface area contributed by atoms with Gasteiger partial charge >= 0.3 is 5.97 Å². The summed E-state index contributed by atoms with van der Waals surface area (Å²) in [5.74, 6) is 1.93. The van der Waals surface area contributed by atoms with Gasteiger partial charge in [-0.1, -0.05) is 30.7 Å². The summed E-state index contributed by atoms with van der Waals surface area (Å²) in [6, 6.07) is 0. The van der Waals surface area contributed by atoms with Crippen LogP contribution in [0.25, 0.3) is 0 Å². The van der Waals surface area contributed by atoms with E-state index in [1.54, 1.807) is 0 Å². The van der Waals surface area contributed by atoms with Crippen LogP contribution in [-0.2, 0) is 9.53 Å². The molecular weight excluding hydrogens is 314 g/mol. The van der Waals surface area contributed by atoms with Crippen molar-refractivity contribution in [3.63, 3.8) is 0 Å². The van der Waals surface area contributed by atoms with Gasteiger partial charge in [-0.05, 0) is 68.1 Å². The first-order valence-corrected chi connectivity index (χ1v) is 9.96. The summed E-state index contributed by atoms with van der Waals surface area (Å²) in [5.41, 5.74) is 2.94. The number of allylic oxidation sites excluding steroid dienone is 1. The molecular formula is C21H31NO3. The van der Waals surface area contributed by atoms with Crippen molar-refractivity contribution >= 4 is 11.7 Å². The Kier molecular flexibility index (Phi) is 4.01. The molecule has 0 bridgehead atoms. The zero-order chi connectivity index (χ0) is 17.8. The summed E-state index contributed by atoms with van der Waals surface area (Å²) in [5, 5.41) is 13.1. The van der Waals surface area contributed by atoms with Gasteiger partial charge in [0.05, 0.1) is 5.71 Å². The lowest BCUT2D eigenvalue weighted by Gasteiger charge is -2.57. The molecule has 0 spiro atoms. The molecule has 0 aromatic heterocycles. The molecule has 3 fully saturated rings. The van der Waals surface area contributed by atoms with Crippen LogP contribution in [0, 0.1) is 28.6 Å². The number of ether oxygens (including phenoxy) is 1. The fraction of sp³-hybridized carbons (Fsp3) is 0.810. The number of hydrogen-bond donors (Lipinski definition) is 1. The third-order valence-corrected chi connectivity index (χ3v) is 8.25. The SMILES string of the molecule is CC(=O)O[C@@H]1CC[C@]2(C)C(=CC[C@H]3[C@H]4CC/C(=N\O)[C@]4(C)CC[C@H]32)C1. The number of oxime groups is 1. The van der Waals surface area contributed by atoms with Gasteiger partial charge in [-0.25, -0.2) is 0 Å². The fourth-order valence-electron chi connectivity index (χ4n) is 6.92. The highest BCUT2D eigenvalue weighted by atomic mass is 16.5. The molecule has 0 aromatic rings. The first kappa shape index (κ1) is 17.1. The van der Waals surface area contributed by atoms with E-state index >= 15 is 0 Å². The normalized spacial score (nSPS) is 47.5. The van der Waals surface area contributed by atoms with Crippen LogP contribution in [0.15, 0.2) is 16.8 Å². The molecule has 4 aliphatic rings. The number of rotatable bonds is 1. The topological polar surface area (TPSA) is 58.9 Å². The molecule has 4 nitrogen and oxygen atoms in total. The van der Waals surface area contributed by atoms with Crippen molar-refractivity contribution in [2.75, 3.05) is 0 Å². The highest BCUT2D eigenvalue weighted by Crippen LogP contribution is 2.64. The van der Waals surface area contributed by atoms with E-state index < -0.39 is 0 Å². The highest BCUT2D eigenvalue weighted by molar-refractivity contribution is 5.92. The lowest BCUT2D eigenvalue weighted by Crippen LogP contribution is -2.50. The Balaban J connectivity index is 1.60. The third-order valence-electron chi connectivity index (χ3n) is 8.25. The van der Waals surface area contributed by atoms with E-state index in [1.807, 2.05) is 0 Å². The van der Waals surface area contributed by atoms with E-state index in [1.165, 1.54) is 25.3 Å². The van der Waals surface area contributed by atoms with Crippen molar-refractivity contribution in [3.8, 4) is 0 Å². The molecule has 25 heavy (non-hydrogen) atoms. The second kappa shape index (κ2) is 5.85. The van der Waals surface area contributed by atoms with Crippen molar-refractivity contribution in [2.45, 2.75) is 78.2 Å². The summed E-state index contributed by atoms with van der Waals surface area (Å²) in [6.07, 6.45) is 11.2. The molecule has 4 aliphatic carbocycles. The van der Waals surface area contributed by atoms with E-state index in [2.05, 4.69) is 25.1 Å². The molecule has 0 aliphatic heterocycles. The second-order valence-corrected chi connectivity index (χ2v) is 9.28. The summed E-state index contributed by atoms with van der Waals surface area (Å²) in [6.45, 7) is 6.30. The van der Waals surface area contributed by atoms with Gasteiger partial charge in [-0.2, -0.15) is 0 Å². The van der Waals surface area contributed by atoms with Crippen LogP contribution < -0.4 is 0 Å². The Bertz CT molecular complexity index is 639.